The first kappa shape index (κ1) is 22.7. The van der Waals surface area contributed by atoms with Crippen molar-refractivity contribution in [2.45, 2.75) is 72.3 Å². The second-order valence-corrected chi connectivity index (χ2v) is 9.18. The molecule has 0 fully saturated rings. The summed E-state index contributed by atoms with van der Waals surface area (Å²) in [4.78, 5) is 24.9. The fourth-order valence-corrected chi connectivity index (χ4v) is 2.83. The van der Waals surface area contributed by atoms with Gasteiger partial charge in [0.15, 0.2) is 5.78 Å². The van der Waals surface area contributed by atoms with Crippen LogP contribution < -0.4 is 10.1 Å². The quantitative estimate of drug-likeness (QED) is 0.670. The zero-order valence-electron chi connectivity index (χ0n) is 18.6. The summed E-state index contributed by atoms with van der Waals surface area (Å²) in [5, 5.41) is 7.63. The molecule has 1 heterocycles. The number of ether oxygens (including phenoxy) is 1. The number of benzene rings is 1. The Labute approximate surface area is 173 Å². The van der Waals surface area contributed by atoms with E-state index >= 15 is 0 Å². The molecule has 0 aliphatic heterocycles. The topological polar surface area (TPSA) is 73.2 Å². The number of nitrogens with zero attached hydrogens (tertiary/aromatic N) is 2. The molecule has 0 aliphatic rings. The van der Waals surface area contributed by atoms with Gasteiger partial charge in [0.1, 0.15) is 11.6 Å². The van der Waals surface area contributed by atoms with Crippen molar-refractivity contribution in [3.63, 3.8) is 0 Å². The van der Waals surface area contributed by atoms with E-state index in [4.69, 9.17) is 9.84 Å². The van der Waals surface area contributed by atoms with E-state index in [-0.39, 0.29) is 35.5 Å². The number of aromatic nitrogens is 2. The van der Waals surface area contributed by atoms with Crippen molar-refractivity contribution in [1.29, 1.82) is 0 Å². The molecule has 0 saturated heterocycles. The first-order chi connectivity index (χ1) is 13.4. The zero-order chi connectivity index (χ0) is 21.8. The molecule has 0 radical (unpaired) electrons. The van der Waals surface area contributed by atoms with E-state index in [0.29, 0.717) is 18.0 Å². The Morgan fingerprint density at radius 3 is 2.17 bits per heavy atom. The Morgan fingerprint density at radius 2 is 1.66 bits per heavy atom. The van der Waals surface area contributed by atoms with Crippen LogP contribution in [0.3, 0.4) is 0 Å². The number of Topliss-reactive ketones (excluding diaryl/α,β-unsaturated/α-hetero) is 1. The molecule has 2 rings (SSSR count). The van der Waals surface area contributed by atoms with Crippen molar-refractivity contribution in [3.05, 3.63) is 41.6 Å². The normalized spacial score (nSPS) is 12.0. The number of rotatable bonds is 7. The lowest BCUT2D eigenvalue weighted by Gasteiger charge is -2.23. The van der Waals surface area contributed by atoms with Gasteiger partial charge >= 0.3 is 0 Å². The van der Waals surface area contributed by atoms with Crippen molar-refractivity contribution in [2.75, 3.05) is 11.9 Å². The highest BCUT2D eigenvalue weighted by Gasteiger charge is 2.25. The van der Waals surface area contributed by atoms with Gasteiger partial charge in [0.2, 0.25) is 5.91 Å². The highest BCUT2D eigenvalue weighted by Crippen LogP contribution is 2.28. The molecule has 158 valence electrons. The van der Waals surface area contributed by atoms with E-state index < -0.39 is 0 Å². The van der Waals surface area contributed by atoms with Crippen LogP contribution in [-0.2, 0) is 15.7 Å². The molecule has 6 nitrogen and oxygen atoms in total. The average molecular weight is 400 g/mol. The Morgan fingerprint density at radius 1 is 1.03 bits per heavy atom. The molecule has 1 amide bonds. The molecule has 29 heavy (non-hydrogen) atoms. The first-order valence-electron chi connectivity index (χ1n) is 10.1. The molecule has 0 aliphatic carbocycles. The summed E-state index contributed by atoms with van der Waals surface area (Å²) in [7, 11) is 0. The van der Waals surface area contributed by atoms with Crippen molar-refractivity contribution in [1.82, 2.24) is 9.78 Å². The number of hydrogen-bond acceptors (Lipinski definition) is 4. The number of carbonyl (C=O) groups is 2. The predicted molar refractivity (Wildman–Crippen MR) is 116 cm³/mol. The summed E-state index contributed by atoms with van der Waals surface area (Å²) in [6, 6.07) is 8.92. The first-order valence-corrected chi connectivity index (χ1v) is 10.1. The molecule has 6 heteroatoms. The van der Waals surface area contributed by atoms with Crippen molar-refractivity contribution in [3.8, 4) is 5.75 Å². The molecule has 0 saturated carbocycles. The number of carbonyl (C=O) groups excluding carboxylic acids is 2. The van der Waals surface area contributed by atoms with Crippen LogP contribution in [0.15, 0.2) is 30.3 Å². The van der Waals surface area contributed by atoms with Gasteiger partial charge in [-0.2, -0.15) is 5.10 Å². The second-order valence-electron chi connectivity index (χ2n) is 9.18. The maximum Gasteiger partial charge on any atom is 0.225 e. The van der Waals surface area contributed by atoms with Crippen LogP contribution in [0.2, 0.25) is 0 Å². The fourth-order valence-electron chi connectivity index (χ4n) is 2.83. The molecular formula is C23H33N3O3. The Kier molecular flexibility index (Phi) is 6.88. The third-order valence-corrected chi connectivity index (χ3v) is 4.45. The number of ketones is 1. The standard InChI is InChI=1S/C23H33N3O3/c1-8-29-17-11-9-16(10-12-17)18(27)13-14-21(28)24-20-15-19(22(2,3)4)25-26(20)23(5,6)7/h9-12,15H,8,13-14H2,1-7H3,(H,24,28). The summed E-state index contributed by atoms with van der Waals surface area (Å²) in [6.07, 6.45) is 0.266. The third-order valence-electron chi connectivity index (χ3n) is 4.45. The average Bonchev–Trinajstić information content (AvgIpc) is 3.05. The van der Waals surface area contributed by atoms with E-state index in [1.54, 1.807) is 24.3 Å². The molecule has 0 bridgehead atoms. The predicted octanol–water partition coefficient (Wildman–Crippen LogP) is 4.94. The highest BCUT2D eigenvalue weighted by molar-refractivity contribution is 5.99. The van der Waals surface area contributed by atoms with E-state index in [1.807, 2.05) is 38.4 Å². The van der Waals surface area contributed by atoms with E-state index in [0.717, 1.165) is 11.4 Å². The number of hydrogen-bond donors (Lipinski definition) is 1. The fraction of sp³-hybridized carbons (Fsp3) is 0.522. The summed E-state index contributed by atoms with van der Waals surface area (Å²) in [5.74, 6) is 1.12. The van der Waals surface area contributed by atoms with Crippen LogP contribution in [0.1, 0.15) is 77.4 Å². The smallest absolute Gasteiger partial charge is 0.225 e. The van der Waals surface area contributed by atoms with Gasteiger partial charge in [-0.05, 0) is 52.0 Å². The van der Waals surface area contributed by atoms with Crippen LogP contribution in [0, 0.1) is 0 Å². The molecule has 1 N–H and O–H groups in total. The molecule has 0 atom stereocenters. The van der Waals surface area contributed by atoms with Gasteiger partial charge < -0.3 is 10.1 Å². The van der Waals surface area contributed by atoms with E-state index in [1.165, 1.54) is 0 Å². The number of anilines is 1. The Balaban J connectivity index is 2.03. The molecular weight excluding hydrogens is 366 g/mol. The van der Waals surface area contributed by atoms with Gasteiger partial charge in [0, 0.05) is 29.9 Å². The number of amides is 1. The van der Waals surface area contributed by atoms with Gasteiger partial charge in [0.05, 0.1) is 17.8 Å². The zero-order valence-corrected chi connectivity index (χ0v) is 18.6. The monoisotopic (exact) mass is 399 g/mol. The molecule has 1 aromatic heterocycles. The lowest BCUT2D eigenvalue weighted by molar-refractivity contribution is -0.116. The summed E-state index contributed by atoms with van der Waals surface area (Å²) in [6.45, 7) is 14.9. The summed E-state index contributed by atoms with van der Waals surface area (Å²) >= 11 is 0. The molecule has 0 unspecified atom stereocenters. The summed E-state index contributed by atoms with van der Waals surface area (Å²) in [5.41, 5.74) is 1.09. The largest absolute Gasteiger partial charge is 0.494 e. The third kappa shape index (κ3) is 6.17. The van der Waals surface area contributed by atoms with Crippen LogP contribution in [0.25, 0.3) is 0 Å². The maximum atomic E-state index is 12.5. The minimum absolute atomic E-state index is 0.0668. The van der Waals surface area contributed by atoms with E-state index in [2.05, 4.69) is 26.1 Å². The van der Waals surface area contributed by atoms with Crippen LogP contribution in [0.4, 0.5) is 5.82 Å². The molecule has 1 aromatic carbocycles. The van der Waals surface area contributed by atoms with Gasteiger partial charge in [-0.25, -0.2) is 4.68 Å². The minimum Gasteiger partial charge on any atom is -0.494 e. The van der Waals surface area contributed by atoms with Gasteiger partial charge in [-0.15, -0.1) is 0 Å². The molecule has 0 spiro atoms. The van der Waals surface area contributed by atoms with Crippen molar-refractivity contribution in [2.24, 2.45) is 0 Å². The van der Waals surface area contributed by atoms with Gasteiger partial charge in [-0.1, -0.05) is 20.8 Å². The maximum absolute atomic E-state index is 12.5. The lowest BCUT2D eigenvalue weighted by atomic mass is 9.92. The summed E-state index contributed by atoms with van der Waals surface area (Å²) < 4.78 is 7.22. The second kappa shape index (κ2) is 8.80. The SMILES string of the molecule is CCOc1ccc(C(=O)CCC(=O)Nc2cc(C(C)(C)C)nn2C(C)(C)C)cc1. The van der Waals surface area contributed by atoms with Crippen LogP contribution >= 0.6 is 0 Å². The molecule has 2 aromatic rings. The van der Waals surface area contributed by atoms with Crippen molar-refractivity contribution < 1.29 is 14.3 Å². The Hall–Kier alpha value is -2.63. The van der Waals surface area contributed by atoms with Crippen LogP contribution in [-0.4, -0.2) is 28.1 Å². The Bertz CT molecular complexity index is 853. The van der Waals surface area contributed by atoms with Crippen LogP contribution in [0.5, 0.6) is 5.75 Å². The highest BCUT2D eigenvalue weighted by atomic mass is 16.5. The van der Waals surface area contributed by atoms with Gasteiger partial charge in [0.25, 0.3) is 0 Å². The minimum atomic E-state index is -0.274. The van der Waals surface area contributed by atoms with E-state index in [9.17, 15) is 9.59 Å². The van der Waals surface area contributed by atoms with Crippen molar-refractivity contribution >= 4 is 17.5 Å². The lowest BCUT2D eigenvalue weighted by Crippen LogP contribution is -2.27. The van der Waals surface area contributed by atoms with Gasteiger partial charge in [-0.3, -0.25) is 9.59 Å². The number of nitrogens with one attached hydrogen (secondary N) is 1.